The molecule has 0 bridgehead atoms. The minimum Gasteiger partial charge on any atom is -0.484 e. The van der Waals surface area contributed by atoms with Crippen LogP contribution in [-0.2, 0) is 13.2 Å². The second-order valence-electron chi connectivity index (χ2n) is 6.04. The van der Waals surface area contributed by atoms with E-state index in [1.54, 1.807) is 54.8 Å². The second-order valence-corrected chi connectivity index (χ2v) is 6.88. The molecule has 4 rings (SSSR count). The summed E-state index contributed by atoms with van der Waals surface area (Å²) >= 11 is 12.0. The number of carbonyl (C=O) groups excluding carboxylic acids is 1. The highest BCUT2D eigenvalue weighted by atomic mass is 35.5. The van der Waals surface area contributed by atoms with Crippen molar-refractivity contribution in [3.8, 4) is 5.75 Å². The van der Waals surface area contributed by atoms with E-state index in [2.05, 4.69) is 15.3 Å². The predicted octanol–water partition coefficient (Wildman–Crippen LogP) is 4.97. The molecule has 0 radical (unpaired) electrons. The lowest BCUT2D eigenvalue weighted by atomic mass is 10.2. The van der Waals surface area contributed by atoms with Crippen molar-refractivity contribution in [2.75, 3.05) is 0 Å². The van der Waals surface area contributed by atoms with Crippen LogP contribution in [0, 0.1) is 0 Å². The lowest BCUT2D eigenvalue weighted by Crippen LogP contribution is -2.22. The summed E-state index contributed by atoms with van der Waals surface area (Å²) < 4.78 is 10.9. The van der Waals surface area contributed by atoms with Crippen LogP contribution in [0.25, 0.3) is 11.0 Å². The van der Waals surface area contributed by atoms with Gasteiger partial charge in [-0.05, 0) is 48.5 Å². The Bertz CT molecular complexity index is 1120. The molecule has 0 aliphatic heterocycles. The highest BCUT2D eigenvalue weighted by molar-refractivity contribution is 6.35. The summed E-state index contributed by atoms with van der Waals surface area (Å²) in [6.07, 6.45) is 1.57. The zero-order chi connectivity index (χ0) is 19.5. The molecule has 28 heavy (non-hydrogen) atoms. The van der Waals surface area contributed by atoms with Crippen molar-refractivity contribution in [3.63, 3.8) is 0 Å². The van der Waals surface area contributed by atoms with Crippen LogP contribution in [-0.4, -0.2) is 15.9 Å². The number of furan rings is 1. The fraction of sp³-hybridized carbons (Fsp3) is 0.100. The van der Waals surface area contributed by atoms with Gasteiger partial charge in [0.05, 0.1) is 28.9 Å². The van der Waals surface area contributed by atoms with E-state index in [1.807, 2.05) is 0 Å². The summed E-state index contributed by atoms with van der Waals surface area (Å²) in [6, 6.07) is 13.9. The van der Waals surface area contributed by atoms with Crippen LogP contribution < -0.4 is 10.1 Å². The Labute approximate surface area is 170 Å². The number of halogens is 2. The molecule has 8 heteroatoms. The Hall–Kier alpha value is -2.96. The zero-order valence-electron chi connectivity index (χ0n) is 14.5. The highest BCUT2D eigenvalue weighted by Crippen LogP contribution is 2.28. The molecule has 2 aromatic carbocycles. The van der Waals surface area contributed by atoms with Gasteiger partial charge < -0.3 is 19.5 Å². The third kappa shape index (κ3) is 4.13. The number of aromatic amines is 1. The summed E-state index contributed by atoms with van der Waals surface area (Å²) in [7, 11) is 0. The van der Waals surface area contributed by atoms with E-state index in [9.17, 15) is 4.79 Å². The molecular weight excluding hydrogens is 401 g/mol. The van der Waals surface area contributed by atoms with E-state index in [-0.39, 0.29) is 12.5 Å². The molecule has 0 fully saturated rings. The van der Waals surface area contributed by atoms with Gasteiger partial charge in [0, 0.05) is 10.6 Å². The third-order valence-electron chi connectivity index (χ3n) is 4.05. The van der Waals surface area contributed by atoms with Crippen LogP contribution >= 0.6 is 23.2 Å². The standard InChI is InChI=1S/C20H15Cl2N3O3/c21-13-4-6-18(15(22)9-13)28-11-19-24-16-5-3-12(8-17(16)25-19)20(26)23-10-14-2-1-7-27-14/h1-9H,10-11H2,(H,23,26)(H,24,25). The molecule has 0 unspecified atom stereocenters. The normalized spacial score (nSPS) is 10.9. The molecule has 0 saturated carbocycles. The molecule has 2 N–H and O–H groups in total. The van der Waals surface area contributed by atoms with Gasteiger partial charge in [0.1, 0.15) is 23.9 Å². The molecule has 1 amide bonds. The topological polar surface area (TPSA) is 80.2 Å². The lowest BCUT2D eigenvalue weighted by Gasteiger charge is -2.06. The molecule has 6 nitrogen and oxygen atoms in total. The monoisotopic (exact) mass is 415 g/mol. The van der Waals surface area contributed by atoms with E-state index < -0.39 is 0 Å². The highest BCUT2D eigenvalue weighted by Gasteiger charge is 2.11. The van der Waals surface area contributed by atoms with Crippen LogP contribution in [0.15, 0.2) is 59.2 Å². The molecule has 4 aromatic rings. The maximum absolute atomic E-state index is 12.3. The summed E-state index contributed by atoms with van der Waals surface area (Å²) in [5, 5.41) is 3.78. The molecule has 0 atom stereocenters. The van der Waals surface area contributed by atoms with Gasteiger partial charge in [-0.3, -0.25) is 4.79 Å². The average Bonchev–Trinajstić information content (AvgIpc) is 3.34. The number of nitrogens with zero attached hydrogens (tertiary/aromatic N) is 1. The minimum absolute atomic E-state index is 0.196. The van der Waals surface area contributed by atoms with Gasteiger partial charge in [-0.1, -0.05) is 23.2 Å². The van der Waals surface area contributed by atoms with Crippen molar-refractivity contribution >= 4 is 40.1 Å². The Morgan fingerprint density at radius 3 is 2.86 bits per heavy atom. The number of hydrogen-bond donors (Lipinski definition) is 2. The van der Waals surface area contributed by atoms with E-state index in [4.69, 9.17) is 32.4 Å². The van der Waals surface area contributed by atoms with Crippen molar-refractivity contribution in [1.29, 1.82) is 0 Å². The largest absolute Gasteiger partial charge is 0.484 e. The van der Waals surface area contributed by atoms with Crippen LogP contribution in [0.3, 0.4) is 0 Å². The van der Waals surface area contributed by atoms with E-state index in [0.29, 0.717) is 39.5 Å². The lowest BCUT2D eigenvalue weighted by molar-refractivity contribution is 0.0948. The number of benzene rings is 2. The smallest absolute Gasteiger partial charge is 0.251 e. The quantitative estimate of drug-likeness (QED) is 0.465. The predicted molar refractivity (Wildman–Crippen MR) is 107 cm³/mol. The first-order valence-corrected chi connectivity index (χ1v) is 9.21. The van der Waals surface area contributed by atoms with Gasteiger partial charge in [-0.15, -0.1) is 0 Å². The fourth-order valence-corrected chi connectivity index (χ4v) is 3.16. The van der Waals surface area contributed by atoms with Crippen LogP contribution in [0.4, 0.5) is 0 Å². The molecule has 0 aliphatic carbocycles. The van der Waals surface area contributed by atoms with Crippen molar-refractivity contribution in [2.24, 2.45) is 0 Å². The minimum atomic E-state index is -0.196. The SMILES string of the molecule is O=C(NCc1ccco1)c1ccc2nc(COc3ccc(Cl)cc3Cl)[nH]c2c1. The number of aromatic nitrogens is 2. The number of rotatable bonds is 6. The van der Waals surface area contributed by atoms with Gasteiger partial charge in [0.15, 0.2) is 0 Å². The number of amides is 1. The number of H-pyrrole nitrogens is 1. The first-order valence-electron chi connectivity index (χ1n) is 8.45. The Balaban J connectivity index is 1.44. The van der Waals surface area contributed by atoms with Crippen LogP contribution in [0.5, 0.6) is 5.75 Å². The number of imidazole rings is 1. The first-order chi connectivity index (χ1) is 13.6. The maximum Gasteiger partial charge on any atom is 0.251 e. The Morgan fingerprint density at radius 1 is 1.18 bits per heavy atom. The molecule has 2 heterocycles. The van der Waals surface area contributed by atoms with Crippen molar-refractivity contribution in [3.05, 3.63) is 82.0 Å². The average molecular weight is 416 g/mol. The van der Waals surface area contributed by atoms with Gasteiger partial charge in [-0.2, -0.15) is 0 Å². The molecule has 2 aromatic heterocycles. The Kier molecular flexibility index (Phi) is 5.23. The summed E-state index contributed by atoms with van der Waals surface area (Å²) in [6.45, 7) is 0.532. The summed E-state index contributed by atoms with van der Waals surface area (Å²) in [5.41, 5.74) is 2.01. The van der Waals surface area contributed by atoms with Gasteiger partial charge in [0.25, 0.3) is 5.91 Å². The molecule has 0 aliphatic rings. The number of carbonyl (C=O) groups is 1. The molecular formula is C20H15Cl2N3O3. The van der Waals surface area contributed by atoms with Crippen molar-refractivity contribution in [1.82, 2.24) is 15.3 Å². The first kappa shape index (κ1) is 18.4. The van der Waals surface area contributed by atoms with Crippen LogP contribution in [0.1, 0.15) is 21.9 Å². The van der Waals surface area contributed by atoms with Crippen LogP contribution in [0.2, 0.25) is 10.0 Å². The number of ether oxygens (including phenoxy) is 1. The van der Waals surface area contributed by atoms with Gasteiger partial charge >= 0.3 is 0 Å². The molecule has 142 valence electrons. The van der Waals surface area contributed by atoms with E-state index in [0.717, 1.165) is 11.0 Å². The number of hydrogen-bond acceptors (Lipinski definition) is 4. The van der Waals surface area contributed by atoms with Gasteiger partial charge in [-0.25, -0.2) is 4.98 Å². The molecule has 0 saturated heterocycles. The number of nitrogens with one attached hydrogen (secondary N) is 2. The summed E-state index contributed by atoms with van der Waals surface area (Å²) in [5.74, 6) is 1.63. The maximum atomic E-state index is 12.3. The fourth-order valence-electron chi connectivity index (χ4n) is 2.69. The third-order valence-corrected chi connectivity index (χ3v) is 4.59. The van der Waals surface area contributed by atoms with E-state index in [1.165, 1.54) is 0 Å². The van der Waals surface area contributed by atoms with E-state index >= 15 is 0 Å². The summed E-state index contributed by atoms with van der Waals surface area (Å²) in [4.78, 5) is 20.0. The zero-order valence-corrected chi connectivity index (χ0v) is 16.1. The van der Waals surface area contributed by atoms with Crippen molar-refractivity contribution < 1.29 is 13.9 Å². The Morgan fingerprint density at radius 2 is 2.07 bits per heavy atom. The second kappa shape index (κ2) is 7.96. The van der Waals surface area contributed by atoms with Crippen molar-refractivity contribution in [2.45, 2.75) is 13.2 Å². The number of fused-ring (bicyclic) bond motifs is 1. The molecule has 0 spiro atoms. The van der Waals surface area contributed by atoms with Gasteiger partial charge in [0.2, 0.25) is 0 Å².